The number of amides is 1. The maximum Gasteiger partial charge on any atom is 0.306 e. The SMILES string of the molecule is COc1cc(F)cc(-c2ccc(CN3C=CC4SC=C(C(=O)NC5CCC(C(=O)O)CC5)C43)cc2)c1. The fraction of sp³-hybridized carbons (Fsp3) is 0.357. The number of fused-ring (bicyclic) bond motifs is 1. The molecule has 6 nitrogen and oxygen atoms in total. The van der Waals surface area contributed by atoms with Crippen molar-refractivity contribution in [1.82, 2.24) is 10.2 Å². The molecule has 2 aliphatic heterocycles. The molecule has 1 amide bonds. The zero-order valence-electron chi connectivity index (χ0n) is 20.0. The van der Waals surface area contributed by atoms with Gasteiger partial charge in [-0.2, -0.15) is 0 Å². The van der Waals surface area contributed by atoms with Gasteiger partial charge in [0.05, 0.1) is 24.3 Å². The van der Waals surface area contributed by atoms with Gasteiger partial charge in [-0.05, 0) is 66.1 Å². The fourth-order valence-electron chi connectivity index (χ4n) is 5.23. The molecule has 2 N–H and O–H groups in total. The number of aliphatic carboxylic acids is 1. The molecule has 2 heterocycles. The first-order valence-electron chi connectivity index (χ1n) is 12.2. The second-order valence-electron chi connectivity index (χ2n) is 9.57. The van der Waals surface area contributed by atoms with Gasteiger partial charge in [0.2, 0.25) is 5.91 Å². The molecule has 0 bridgehead atoms. The van der Waals surface area contributed by atoms with Gasteiger partial charge in [-0.1, -0.05) is 30.3 Å². The van der Waals surface area contributed by atoms with Crippen LogP contribution in [0.2, 0.25) is 0 Å². The average molecular weight is 509 g/mol. The van der Waals surface area contributed by atoms with Crippen LogP contribution in [0.3, 0.4) is 0 Å². The van der Waals surface area contributed by atoms with E-state index < -0.39 is 5.97 Å². The molecule has 5 rings (SSSR count). The maximum atomic E-state index is 13.9. The quantitative estimate of drug-likeness (QED) is 0.551. The smallest absolute Gasteiger partial charge is 0.306 e. The molecule has 1 aliphatic carbocycles. The van der Waals surface area contributed by atoms with Crippen LogP contribution in [-0.4, -0.2) is 46.3 Å². The van der Waals surface area contributed by atoms with Gasteiger partial charge in [0.1, 0.15) is 11.6 Å². The second kappa shape index (κ2) is 10.4. The van der Waals surface area contributed by atoms with Crippen molar-refractivity contribution in [2.45, 2.75) is 49.6 Å². The third kappa shape index (κ3) is 5.14. The molecule has 1 fully saturated rings. The lowest BCUT2D eigenvalue weighted by atomic mass is 9.86. The first-order valence-corrected chi connectivity index (χ1v) is 13.1. The van der Waals surface area contributed by atoms with Crippen molar-refractivity contribution in [2.24, 2.45) is 5.92 Å². The number of methoxy groups -OCH3 is 1. The third-order valence-electron chi connectivity index (χ3n) is 7.24. The Hall–Kier alpha value is -3.26. The van der Waals surface area contributed by atoms with E-state index in [0.717, 1.165) is 22.3 Å². The number of nitrogens with one attached hydrogen (secondary N) is 1. The van der Waals surface area contributed by atoms with Gasteiger partial charge in [0, 0.05) is 24.2 Å². The van der Waals surface area contributed by atoms with Crippen molar-refractivity contribution in [1.29, 1.82) is 0 Å². The van der Waals surface area contributed by atoms with E-state index in [4.69, 9.17) is 4.74 Å². The van der Waals surface area contributed by atoms with Crippen LogP contribution in [0.1, 0.15) is 31.2 Å². The highest BCUT2D eigenvalue weighted by Crippen LogP contribution is 2.40. The molecular formula is C28H29FN2O4S. The fourth-order valence-corrected chi connectivity index (χ4v) is 6.40. The minimum atomic E-state index is -0.742. The highest BCUT2D eigenvalue weighted by atomic mass is 32.2. The molecule has 188 valence electrons. The molecule has 3 aliphatic rings. The van der Waals surface area contributed by atoms with Crippen molar-refractivity contribution in [3.63, 3.8) is 0 Å². The van der Waals surface area contributed by atoms with Gasteiger partial charge < -0.3 is 20.1 Å². The summed E-state index contributed by atoms with van der Waals surface area (Å²) in [7, 11) is 1.52. The van der Waals surface area contributed by atoms with Crippen LogP contribution in [0, 0.1) is 11.7 Å². The van der Waals surface area contributed by atoms with Gasteiger partial charge >= 0.3 is 5.97 Å². The summed E-state index contributed by atoms with van der Waals surface area (Å²) in [6.07, 6.45) is 6.80. The largest absolute Gasteiger partial charge is 0.497 e. The molecule has 0 radical (unpaired) electrons. The number of carboxylic acid groups (broad SMARTS) is 1. The number of thioether (sulfide) groups is 1. The highest BCUT2D eigenvalue weighted by molar-refractivity contribution is 8.03. The Morgan fingerprint density at radius 1 is 1.11 bits per heavy atom. The summed E-state index contributed by atoms with van der Waals surface area (Å²) in [6.45, 7) is 0.652. The van der Waals surface area contributed by atoms with E-state index in [1.165, 1.54) is 19.2 Å². The molecule has 2 aromatic carbocycles. The Morgan fingerprint density at radius 3 is 2.56 bits per heavy atom. The second-order valence-corrected chi connectivity index (χ2v) is 10.6. The summed E-state index contributed by atoms with van der Waals surface area (Å²) in [4.78, 5) is 26.5. The molecule has 2 aromatic rings. The first kappa shape index (κ1) is 24.4. The molecule has 2 atom stereocenters. The number of carboxylic acids is 1. The number of rotatable bonds is 7. The Bertz CT molecular complexity index is 1200. The van der Waals surface area contributed by atoms with Gasteiger partial charge in [-0.3, -0.25) is 9.59 Å². The minimum absolute atomic E-state index is 0.0230. The Kier molecular flexibility index (Phi) is 7.05. The topological polar surface area (TPSA) is 78.9 Å². The highest BCUT2D eigenvalue weighted by Gasteiger charge is 2.40. The van der Waals surface area contributed by atoms with Crippen molar-refractivity contribution >= 4 is 23.6 Å². The molecule has 0 saturated heterocycles. The summed E-state index contributed by atoms with van der Waals surface area (Å²) in [5.74, 6) is -0.957. The van der Waals surface area contributed by atoms with Crippen molar-refractivity contribution in [2.75, 3.05) is 7.11 Å². The number of hydrogen-bond donors (Lipinski definition) is 2. The van der Waals surface area contributed by atoms with E-state index in [0.29, 0.717) is 38.0 Å². The normalized spacial score (nSPS) is 24.8. The maximum absolute atomic E-state index is 13.9. The number of carbonyl (C=O) groups excluding carboxylic acids is 1. The van der Waals surface area contributed by atoms with Crippen LogP contribution in [0.15, 0.2) is 65.7 Å². The monoisotopic (exact) mass is 508 g/mol. The summed E-state index contributed by atoms with van der Waals surface area (Å²) < 4.78 is 19.1. The van der Waals surface area contributed by atoms with E-state index in [-0.39, 0.29) is 35.0 Å². The van der Waals surface area contributed by atoms with Gasteiger partial charge in [-0.15, -0.1) is 11.8 Å². The lowest BCUT2D eigenvalue weighted by Crippen LogP contribution is -2.43. The summed E-state index contributed by atoms with van der Waals surface area (Å²) in [6, 6.07) is 12.7. The number of nitrogens with zero attached hydrogens (tertiary/aromatic N) is 1. The van der Waals surface area contributed by atoms with E-state index in [1.54, 1.807) is 11.8 Å². The molecule has 0 spiro atoms. The minimum Gasteiger partial charge on any atom is -0.497 e. The standard InChI is InChI=1S/C28H29FN2O4S/c1-35-23-13-20(12-21(29)14-23)18-4-2-17(3-5-18)15-31-11-10-25-26(31)24(16-36-25)27(32)30-22-8-6-19(7-9-22)28(33)34/h2-5,10-14,16,19,22,25-26H,6-9,15H2,1H3,(H,30,32)(H,33,34). The number of ether oxygens (including phenoxy) is 1. The van der Waals surface area contributed by atoms with Crippen LogP contribution in [0.25, 0.3) is 11.1 Å². The van der Waals surface area contributed by atoms with Crippen molar-refractivity contribution in [3.8, 4) is 16.9 Å². The van der Waals surface area contributed by atoms with Gasteiger partial charge in [0.25, 0.3) is 0 Å². The zero-order chi connectivity index (χ0) is 25.2. The first-order chi connectivity index (χ1) is 17.4. The lowest BCUT2D eigenvalue weighted by molar-refractivity contribution is -0.142. The molecule has 36 heavy (non-hydrogen) atoms. The Morgan fingerprint density at radius 2 is 1.86 bits per heavy atom. The Labute approximate surface area is 214 Å². The number of carbonyl (C=O) groups is 2. The molecule has 2 unspecified atom stereocenters. The number of halogens is 1. The number of hydrogen-bond acceptors (Lipinski definition) is 5. The summed E-state index contributed by atoms with van der Waals surface area (Å²) in [5, 5.41) is 14.5. The van der Waals surface area contributed by atoms with E-state index in [2.05, 4.69) is 22.5 Å². The average Bonchev–Trinajstić information content (AvgIpc) is 3.47. The molecule has 1 saturated carbocycles. The van der Waals surface area contributed by atoms with E-state index >= 15 is 0 Å². The lowest BCUT2D eigenvalue weighted by Gasteiger charge is -2.30. The molecule has 8 heteroatoms. The predicted molar refractivity (Wildman–Crippen MR) is 138 cm³/mol. The summed E-state index contributed by atoms with van der Waals surface area (Å²) in [5.41, 5.74) is 3.52. The van der Waals surface area contributed by atoms with Gasteiger partial charge in [0.15, 0.2) is 0 Å². The number of benzene rings is 2. The van der Waals surface area contributed by atoms with Crippen molar-refractivity contribution < 1.29 is 23.8 Å². The van der Waals surface area contributed by atoms with Gasteiger partial charge in [-0.25, -0.2) is 4.39 Å². The van der Waals surface area contributed by atoms with Crippen LogP contribution < -0.4 is 10.1 Å². The van der Waals surface area contributed by atoms with Crippen molar-refractivity contribution in [3.05, 3.63) is 77.1 Å². The Balaban J connectivity index is 1.22. The predicted octanol–water partition coefficient (Wildman–Crippen LogP) is 4.96. The van der Waals surface area contributed by atoms with Crippen LogP contribution in [-0.2, 0) is 16.1 Å². The zero-order valence-corrected chi connectivity index (χ0v) is 20.8. The molecular weight excluding hydrogens is 479 g/mol. The molecule has 0 aromatic heterocycles. The van der Waals surface area contributed by atoms with Crippen LogP contribution in [0.5, 0.6) is 5.75 Å². The van der Waals surface area contributed by atoms with E-state index in [1.807, 2.05) is 35.7 Å². The van der Waals surface area contributed by atoms with Crippen LogP contribution in [0.4, 0.5) is 4.39 Å². The third-order valence-corrected chi connectivity index (χ3v) is 8.36. The van der Waals surface area contributed by atoms with Crippen LogP contribution >= 0.6 is 11.8 Å². The summed E-state index contributed by atoms with van der Waals surface area (Å²) >= 11 is 1.66. The van der Waals surface area contributed by atoms with E-state index in [9.17, 15) is 19.1 Å².